The van der Waals surface area contributed by atoms with Crippen LogP contribution in [-0.2, 0) is 4.74 Å². The fraction of sp³-hybridized carbons (Fsp3) is 0.786. The summed E-state index contributed by atoms with van der Waals surface area (Å²) in [4.78, 5) is 9.32. The molecule has 0 amide bonds. The van der Waals surface area contributed by atoms with Crippen molar-refractivity contribution in [2.45, 2.75) is 25.0 Å². The zero-order valence-electron chi connectivity index (χ0n) is 12.1. The van der Waals surface area contributed by atoms with Gasteiger partial charge < -0.3 is 15.0 Å². The van der Waals surface area contributed by atoms with Gasteiger partial charge in [0.2, 0.25) is 0 Å². The molecule has 6 heteroatoms. The summed E-state index contributed by atoms with van der Waals surface area (Å²) in [6, 6.07) is 0. The minimum Gasteiger partial charge on any atom is -0.372 e. The zero-order chi connectivity index (χ0) is 13.8. The highest BCUT2D eigenvalue weighted by molar-refractivity contribution is 7.13. The Morgan fingerprint density at radius 1 is 1.30 bits per heavy atom. The number of piperazine rings is 1. The van der Waals surface area contributed by atoms with Crippen LogP contribution >= 0.6 is 11.3 Å². The lowest BCUT2D eigenvalue weighted by molar-refractivity contribution is 0.0232. The molecule has 2 fully saturated rings. The zero-order valence-corrected chi connectivity index (χ0v) is 12.9. The highest BCUT2D eigenvalue weighted by Crippen LogP contribution is 2.22. The summed E-state index contributed by atoms with van der Waals surface area (Å²) < 4.78 is 6.08. The van der Waals surface area contributed by atoms with Crippen molar-refractivity contribution in [3.05, 3.63) is 11.6 Å². The van der Waals surface area contributed by atoms with Crippen molar-refractivity contribution >= 4 is 16.5 Å². The molecule has 0 radical (unpaired) electrons. The molecule has 1 aromatic rings. The van der Waals surface area contributed by atoms with E-state index >= 15 is 0 Å². The predicted octanol–water partition coefficient (Wildman–Crippen LogP) is 1.03. The van der Waals surface area contributed by atoms with E-state index in [9.17, 15) is 0 Å². The predicted molar refractivity (Wildman–Crippen MR) is 82.6 cm³/mol. The smallest absolute Gasteiger partial charge is 0.185 e. The monoisotopic (exact) mass is 296 g/mol. The van der Waals surface area contributed by atoms with E-state index in [1.54, 1.807) is 11.3 Å². The topological polar surface area (TPSA) is 40.6 Å². The Morgan fingerprint density at radius 3 is 2.80 bits per heavy atom. The van der Waals surface area contributed by atoms with E-state index in [2.05, 4.69) is 25.5 Å². The van der Waals surface area contributed by atoms with Gasteiger partial charge in [-0.2, -0.15) is 0 Å². The Bertz CT molecular complexity index is 392. The van der Waals surface area contributed by atoms with Crippen LogP contribution in [0.25, 0.3) is 0 Å². The van der Waals surface area contributed by atoms with E-state index < -0.39 is 0 Å². The number of likely N-dealkylation sites (N-methyl/N-ethyl adjacent to an activating group) is 1. The first-order valence-electron chi connectivity index (χ1n) is 7.52. The van der Waals surface area contributed by atoms with Crippen molar-refractivity contribution in [3.63, 3.8) is 0 Å². The van der Waals surface area contributed by atoms with Gasteiger partial charge in [-0.05, 0) is 19.9 Å². The molecule has 2 aliphatic heterocycles. The highest BCUT2D eigenvalue weighted by Gasteiger charge is 2.28. The third-order valence-corrected chi connectivity index (χ3v) is 4.98. The van der Waals surface area contributed by atoms with E-state index in [0.29, 0.717) is 12.2 Å². The Balaban J connectivity index is 1.41. The summed E-state index contributed by atoms with van der Waals surface area (Å²) in [6.45, 7) is 6.48. The number of hydrogen-bond acceptors (Lipinski definition) is 6. The van der Waals surface area contributed by atoms with Gasteiger partial charge in [-0.15, -0.1) is 11.3 Å². The third-order valence-electron chi connectivity index (χ3n) is 4.15. The lowest BCUT2D eigenvalue weighted by atomic mass is 10.2. The second kappa shape index (κ2) is 6.85. The number of anilines is 1. The van der Waals surface area contributed by atoms with Gasteiger partial charge in [0.05, 0.1) is 12.2 Å². The van der Waals surface area contributed by atoms with Crippen LogP contribution in [-0.4, -0.2) is 68.4 Å². The number of ether oxygens (including phenoxy) is 1. The third kappa shape index (κ3) is 3.49. The lowest BCUT2D eigenvalue weighted by Crippen LogP contribution is -2.48. The molecule has 2 unspecified atom stereocenters. The van der Waals surface area contributed by atoms with Crippen LogP contribution in [0, 0.1) is 0 Å². The number of nitrogens with zero attached hydrogens (tertiary/aromatic N) is 3. The molecule has 20 heavy (non-hydrogen) atoms. The van der Waals surface area contributed by atoms with Gasteiger partial charge in [-0.25, -0.2) is 4.98 Å². The summed E-state index contributed by atoms with van der Waals surface area (Å²) in [7, 11) is 1.99. The lowest BCUT2D eigenvalue weighted by Gasteiger charge is -2.35. The van der Waals surface area contributed by atoms with Crippen molar-refractivity contribution in [1.82, 2.24) is 15.2 Å². The van der Waals surface area contributed by atoms with Crippen molar-refractivity contribution in [1.29, 1.82) is 0 Å². The molecule has 5 nitrogen and oxygen atoms in total. The Labute approximate surface area is 124 Å². The average molecular weight is 296 g/mol. The molecule has 1 N–H and O–H groups in total. The first-order valence-corrected chi connectivity index (χ1v) is 8.40. The molecule has 0 spiro atoms. The average Bonchev–Trinajstić information content (AvgIpc) is 3.12. The normalized spacial score (nSPS) is 28.1. The van der Waals surface area contributed by atoms with Crippen molar-refractivity contribution < 1.29 is 4.74 Å². The summed E-state index contributed by atoms with van der Waals surface area (Å²) in [5.41, 5.74) is 0. The number of aromatic nitrogens is 1. The summed E-state index contributed by atoms with van der Waals surface area (Å²) in [6.07, 6.45) is 5.14. The van der Waals surface area contributed by atoms with Gasteiger partial charge in [-0.3, -0.25) is 4.90 Å². The van der Waals surface area contributed by atoms with Gasteiger partial charge in [0.15, 0.2) is 5.13 Å². The second-order valence-corrected chi connectivity index (χ2v) is 6.49. The summed E-state index contributed by atoms with van der Waals surface area (Å²) in [5, 5.41) is 6.42. The number of thiazole rings is 1. The minimum atomic E-state index is 0.418. The molecule has 2 aliphatic rings. The van der Waals surface area contributed by atoms with Crippen LogP contribution in [0.15, 0.2) is 11.6 Å². The number of hydrogen-bond donors (Lipinski definition) is 1. The molecule has 2 saturated heterocycles. The van der Waals surface area contributed by atoms with Gasteiger partial charge in [0.1, 0.15) is 0 Å². The van der Waals surface area contributed by atoms with Crippen LogP contribution in [0.4, 0.5) is 5.13 Å². The molecule has 2 atom stereocenters. The SMILES string of the molecule is CNCC1CCC(CN2CCN(c3nccs3)CC2)O1. The standard InChI is InChI=1S/C14H24N4OS/c1-15-10-12-2-3-13(19-12)11-17-5-7-18(8-6-17)14-16-4-9-20-14/h4,9,12-13,15H,2-3,5-8,10-11H2,1H3. The Kier molecular flexibility index (Phi) is 4.88. The van der Waals surface area contributed by atoms with Crippen molar-refractivity contribution in [2.75, 3.05) is 51.2 Å². The van der Waals surface area contributed by atoms with Crippen molar-refractivity contribution in [3.8, 4) is 0 Å². The summed E-state index contributed by atoms with van der Waals surface area (Å²) in [5.74, 6) is 0. The molecule has 0 saturated carbocycles. The van der Waals surface area contributed by atoms with Gasteiger partial charge in [0.25, 0.3) is 0 Å². The minimum absolute atomic E-state index is 0.418. The fourth-order valence-electron chi connectivity index (χ4n) is 3.07. The van der Waals surface area contributed by atoms with Crippen molar-refractivity contribution in [2.24, 2.45) is 0 Å². The molecule has 3 heterocycles. The first kappa shape index (κ1) is 14.3. The van der Waals surface area contributed by atoms with Crippen LogP contribution in [0.2, 0.25) is 0 Å². The highest BCUT2D eigenvalue weighted by atomic mass is 32.1. The molecule has 112 valence electrons. The van der Waals surface area contributed by atoms with E-state index in [1.807, 2.05) is 13.2 Å². The molecule has 0 bridgehead atoms. The van der Waals surface area contributed by atoms with Crippen LogP contribution in [0.1, 0.15) is 12.8 Å². The fourth-order valence-corrected chi connectivity index (χ4v) is 3.77. The largest absolute Gasteiger partial charge is 0.372 e. The second-order valence-electron chi connectivity index (χ2n) is 5.62. The van der Waals surface area contributed by atoms with Crippen LogP contribution in [0.5, 0.6) is 0 Å². The molecule has 0 aromatic carbocycles. The maximum atomic E-state index is 6.08. The van der Waals surface area contributed by atoms with Crippen LogP contribution in [0.3, 0.4) is 0 Å². The molecule has 3 rings (SSSR count). The quantitative estimate of drug-likeness (QED) is 0.879. The van der Waals surface area contributed by atoms with Crippen LogP contribution < -0.4 is 10.2 Å². The molecule has 0 aliphatic carbocycles. The number of nitrogens with one attached hydrogen (secondary N) is 1. The van der Waals surface area contributed by atoms with Gasteiger partial charge >= 0.3 is 0 Å². The number of rotatable bonds is 5. The Hall–Kier alpha value is -0.690. The van der Waals surface area contributed by atoms with E-state index in [0.717, 1.165) is 44.4 Å². The first-order chi connectivity index (χ1) is 9.85. The van der Waals surface area contributed by atoms with Gasteiger partial charge in [-0.1, -0.05) is 0 Å². The Morgan fingerprint density at radius 2 is 2.10 bits per heavy atom. The molecular weight excluding hydrogens is 272 g/mol. The molecule has 1 aromatic heterocycles. The maximum Gasteiger partial charge on any atom is 0.185 e. The van der Waals surface area contributed by atoms with E-state index in [-0.39, 0.29) is 0 Å². The van der Waals surface area contributed by atoms with E-state index in [1.165, 1.54) is 12.8 Å². The van der Waals surface area contributed by atoms with E-state index in [4.69, 9.17) is 4.74 Å². The maximum absolute atomic E-state index is 6.08. The molecular formula is C14H24N4OS. The van der Waals surface area contributed by atoms with Gasteiger partial charge in [0, 0.05) is 50.8 Å². The summed E-state index contributed by atoms with van der Waals surface area (Å²) >= 11 is 1.73.